The van der Waals surface area contributed by atoms with Crippen LogP contribution in [0.1, 0.15) is 46.3 Å². The third kappa shape index (κ3) is 7.64. The van der Waals surface area contributed by atoms with Crippen LogP contribution < -0.4 is 10.0 Å². The number of hydrogen-bond donors (Lipinski definition) is 5. The van der Waals surface area contributed by atoms with Crippen LogP contribution in [0.3, 0.4) is 0 Å². The third-order valence-electron chi connectivity index (χ3n) is 4.60. The Labute approximate surface area is 199 Å². The Bertz CT molecular complexity index is 1190. The smallest absolute Gasteiger partial charge is 0.339 e. The van der Waals surface area contributed by atoms with Crippen LogP contribution in [-0.2, 0) is 37.4 Å². The van der Waals surface area contributed by atoms with Gasteiger partial charge in [-0.3, -0.25) is 14.4 Å². The average molecular weight is 513 g/mol. The Morgan fingerprint density at radius 2 is 1.74 bits per heavy atom. The molecular formula is C21H24N2O9S2. The van der Waals surface area contributed by atoms with Crippen molar-refractivity contribution in [2.24, 2.45) is 0 Å². The van der Waals surface area contributed by atoms with Crippen LogP contribution in [0.5, 0.6) is 5.75 Å². The zero-order chi connectivity index (χ0) is 25.5. The first-order chi connectivity index (χ1) is 15.9. The number of thiophene rings is 1. The minimum Gasteiger partial charge on any atom is -0.507 e. The highest BCUT2D eigenvalue weighted by molar-refractivity contribution is 7.89. The highest BCUT2D eigenvalue weighted by Crippen LogP contribution is 2.22. The average Bonchev–Trinajstić information content (AvgIpc) is 3.19. The van der Waals surface area contributed by atoms with Crippen LogP contribution in [-0.4, -0.2) is 53.4 Å². The summed E-state index contributed by atoms with van der Waals surface area (Å²) in [7, 11) is -4.08. The lowest BCUT2D eigenvalue weighted by Crippen LogP contribution is -2.42. The minimum atomic E-state index is -4.08. The summed E-state index contributed by atoms with van der Waals surface area (Å²) in [6.07, 6.45) is 0.0447. The molecule has 34 heavy (non-hydrogen) atoms. The lowest BCUT2D eigenvalue weighted by atomic mass is 10.0. The largest absolute Gasteiger partial charge is 0.507 e. The number of ketones is 1. The quantitative estimate of drug-likeness (QED) is 0.265. The number of Topliss-reactive ketones (excluding diaryl/α,β-unsaturated/α-hetero) is 1. The fraction of sp³-hybridized carbons (Fsp3) is 0.333. The fourth-order valence-electron chi connectivity index (χ4n) is 2.96. The molecule has 13 heteroatoms. The molecule has 0 saturated carbocycles. The first-order valence-electron chi connectivity index (χ1n) is 10.1. The Hall–Kier alpha value is -3.29. The van der Waals surface area contributed by atoms with Crippen LogP contribution >= 0.6 is 11.3 Å². The first kappa shape index (κ1) is 27.0. The molecule has 184 valence electrons. The van der Waals surface area contributed by atoms with Gasteiger partial charge >= 0.3 is 11.9 Å². The molecule has 11 nitrogen and oxygen atoms in total. The van der Waals surface area contributed by atoms with Crippen molar-refractivity contribution in [1.82, 2.24) is 10.0 Å². The maximum absolute atomic E-state index is 12.5. The number of aliphatic carboxylic acids is 1. The summed E-state index contributed by atoms with van der Waals surface area (Å²) in [5, 5.41) is 30.0. The number of carbonyl (C=O) groups excluding carboxylic acids is 2. The van der Waals surface area contributed by atoms with Gasteiger partial charge in [0.2, 0.25) is 15.9 Å². The van der Waals surface area contributed by atoms with Crippen LogP contribution in [0.4, 0.5) is 0 Å². The molecule has 0 saturated heterocycles. The van der Waals surface area contributed by atoms with E-state index in [4.69, 9.17) is 10.2 Å². The van der Waals surface area contributed by atoms with Gasteiger partial charge in [-0.25, -0.2) is 17.9 Å². The second kappa shape index (κ2) is 11.7. The van der Waals surface area contributed by atoms with Gasteiger partial charge in [0.15, 0.2) is 5.78 Å². The molecule has 2 aromatic rings. The van der Waals surface area contributed by atoms with E-state index in [1.165, 1.54) is 0 Å². The maximum Gasteiger partial charge on any atom is 0.339 e. The van der Waals surface area contributed by atoms with Crippen molar-refractivity contribution in [2.75, 3.05) is 0 Å². The molecule has 1 heterocycles. The van der Waals surface area contributed by atoms with E-state index in [9.17, 15) is 32.7 Å². The van der Waals surface area contributed by atoms with E-state index in [1.54, 1.807) is 19.1 Å². The number of benzene rings is 1. The normalized spacial score (nSPS) is 12.1. The predicted octanol–water partition coefficient (Wildman–Crippen LogP) is 1.50. The summed E-state index contributed by atoms with van der Waals surface area (Å²) < 4.78 is 27.3. The summed E-state index contributed by atoms with van der Waals surface area (Å²) >= 11 is 1.14. The molecule has 1 atom stereocenters. The van der Waals surface area contributed by atoms with Crippen molar-refractivity contribution in [2.45, 2.75) is 50.1 Å². The van der Waals surface area contributed by atoms with E-state index in [1.807, 2.05) is 0 Å². The summed E-state index contributed by atoms with van der Waals surface area (Å²) in [6, 6.07) is 4.99. The molecule has 0 aliphatic heterocycles. The summed E-state index contributed by atoms with van der Waals surface area (Å²) in [5.41, 5.74) is -0.550. The van der Waals surface area contributed by atoms with E-state index in [2.05, 4.69) is 10.0 Å². The maximum atomic E-state index is 12.5. The van der Waals surface area contributed by atoms with Crippen molar-refractivity contribution in [1.29, 1.82) is 0 Å². The molecule has 0 aliphatic rings. The second-order valence-corrected chi connectivity index (χ2v) is 10.3. The third-order valence-corrected chi connectivity index (χ3v) is 7.08. The zero-order valence-electron chi connectivity index (χ0n) is 18.1. The molecular weight excluding hydrogens is 488 g/mol. The second-order valence-electron chi connectivity index (χ2n) is 7.29. The van der Waals surface area contributed by atoms with Gasteiger partial charge in [-0.05, 0) is 36.8 Å². The Morgan fingerprint density at radius 1 is 1.06 bits per heavy atom. The number of aromatic carboxylic acids is 1. The van der Waals surface area contributed by atoms with E-state index < -0.39 is 51.6 Å². The summed E-state index contributed by atoms with van der Waals surface area (Å²) in [4.78, 5) is 47.3. The number of phenols is 1. The Kier molecular flexibility index (Phi) is 9.29. The molecule has 0 radical (unpaired) electrons. The zero-order valence-corrected chi connectivity index (χ0v) is 19.7. The van der Waals surface area contributed by atoms with E-state index in [0.29, 0.717) is 16.2 Å². The number of carboxylic acids is 2. The Morgan fingerprint density at radius 3 is 2.35 bits per heavy atom. The van der Waals surface area contributed by atoms with Crippen molar-refractivity contribution >= 4 is 45.0 Å². The van der Waals surface area contributed by atoms with Gasteiger partial charge in [0.25, 0.3) is 0 Å². The predicted molar refractivity (Wildman–Crippen MR) is 121 cm³/mol. The van der Waals surface area contributed by atoms with Crippen LogP contribution in [0.25, 0.3) is 0 Å². The van der Waals surface area contributed by atoms with Gasteiger partial charge in [0.05, 0.1) is 23.8 Å². The number of amides is 1. The first-order valence-corrected chi connectivity index (χ1v) is 12.4. The molecule has 1 aromatic carbocycles. The molecule has 0 fully saturated rings. The molecule has 1 aromatic heterocycles. The van der Waals surface area contributed by atoms with Crippen molar-refractivity contribution < 1.29 is 42.9 Å². The SMILES string of the molecule is CCCC(=O)[C@H](CC(=O)O)NC(=O)Cc1ccc(CNS(=O)(=O)c2ccc(O)c(C(=O)O)c2)s1. The van der Waals surface area contributed by atoms with Gasteiger partial charge in [-0.2, -0.15) is 0 Å². The Balaban J connectivity index is 2.00. The van der Waals surface area contributed by atoms with Crippen molar-refractivity contribution in [3.63, 3.8) is 0 Å². The molecule has 0 bridgehead atoms. The minimum absolute atomic E-state index is 0.118. The highest BCUT2D eigenvalue weighted by Gasteiger charge is 2.23. The number of hydrogen-bond acceptors (Lipinski definition) is 8. The van der Waals surface area contributed by atoms with Crippen LogP contribution in [0.2, 0.25) is 0 Å². The van der Waals surface area contributed by atoms with Crippen molar-refractivity contribution in [3.8, 4) is 5.75 Å². The van der Waals surface area contributed by atoms with Gasteiger partial charge < -0.3 is 20.6 Å². The topological polar surface area (TPSA) is 187 Å². The highest BCUT2D eigenvalue weighted by atomic mass is 32.2. The molecule has 0 spiro atoms. The molecule has 0 aliphatic carbocycles. The van der Waals surface area contributed by atoms with Crippen LogP contribution in [0, 0.1) is 0 Å². The standard InChI is InChI=1S/C21H24N2O9S2/c1-2-3-18(25)16(10-20(27)28)23-19(26)8-12-4-5-13(33-12)11-22-34(31,32)14-6-7-17(24)15(9-14)21(29)30/h4-7,9,16,22,24H,2-3,8,10-11H2,1H3,(H,23,26)(H,27,28)(H,29,30)/t16-/m0/s1. The monoisotopic (exact) mass is 512 g/mol. The van der Waals surface area contributed by atoms with E-state index in [0.717, 1.165) is 29.5 Å². The van der Waals surface area contributed by atoms with E-state index >= 15 is 0 Å². The number of aromatic hydroxyl groups is 1. The van der Waals surface area contributed by atoms with Gasteiger partial charge in [-0.15, -0.1) is 11.3 Å². The van der Waals surface area contributed by atoms with Gasteiger partial charge in [-0.1, -0.05) is 6.92 Å². The number of carbonyl (C=O) groups is 4. The van der Waals surface area contributed by atoms with Crippen molar-refractivity contribution in [3.05, 3.63) is 45.6 Å². The van der Waals surface area contributed by atoms with E-state index in [-0.39, 0.29) is 30.1 Å². The summed E-state index contributed by atoms with van der Waals surface area (Å²) in [6.45, 7) is 1.64. The lowest BCUT2D eigenvalue weighted by Gasteiger charge is -2.15. The van der Waals surface area contributed by atoms with Crippen LogP contribution in [0.15, 0.2) is 35.2 Å². The lowest BCUT2D eigenvalue weighted by molar-refractivity contribution is -0.140. The molecule has 0 unspecified atom stereocenters. The van der Waals surface area contributed by atoms with Gasteiger partial charge in [0.1, 0.15) is 11.3 Å². The molecule has 2 rings (SSSR count). The molecule has 1 amide bonds. The molecule has 5 N–H and O–H groups in total. The summed E-state index contributed by atoms with van der Waals surface area (Å²) in [5.74, 6) is -4.13. The number of rotatable bonds is 13. The number of carboxylic acid groups (broad SMARTS) is 2. The number of sulfonamides is 1. The fourth-order valence-corrected chi connectivity index (χ4v) is 5.04. The number of nitrogens with one attached hydrogen (secondary N) is 2. The van der Waals surface area contributed by atoms with Gasteiger partial charge in [0, 0.05) is 22.7 Å².